The monoisotopic (exact) mass is 255 g/mol. The minimum atomic E-state index is -0.308. The molecule has 6 heteroatoms. The van der Waals surface area contributed by atoms with Gasteiger partial charge >= 0.3 is 0 Å². The van der Waals surface area contributed by atoms with Crippen molar-refractivity contribution in [2.75, 3.05) is 0 Å². The van der Waals surface area contributed by atoms with Crippen LogP contribution in [-0.2, 0) is 6.54 Å². The number of aromatic nitrogens is 2. The molecule has 2 N–H and O–H groups in total. The molecule has 90 valence electrons. The molecule has 17 heavy (non-hydrogen) atoms. The topological polar surface area (TPSA) is 61.0 Å². The van der Waals surface area contributed by atoms with Crippen LogP contribution in [0.3, 0.4) is 0 Å². The van der Waals surface area contributed by atoms with Crippen molar-refractivity contribution in [3.63, 3.8) is 0 Å². The average molecular weight is 256 g/mol. The van der Waals surface area contributed by atoms with Gasteiger partial charge in [0.05, 0.1) is 18.1 Å². The number of benzene rings is 1. The van der Waals surface area contributed by atoms with Crippen LogP contribution >= 0.6 is 12.4 Å². The number of halogens is 2. The first kappa shape index (κ1) is 13.3. The number of nitrogens with two attached hydrogens (primary N) is 1. The van der Waals surface area contributed by atoms with Gasteiger partial charge in [0.1, 0.15) is 11.6 Å². The van der Waals surface area contributed by atoms with Crippen LogP contribution in [0.2, 0.25) is 0 Å². The van der Waals surface area contributed by atoms with Crippen LogP contribution < -0.4 is 10.5 Å². The van der Waals surface area contributed by atoms with E-state index in [9.17, 15) is 4.39 Å². The fraction of sp³-hybridized carbons (Fsp3) is 0.0909. The summed E-state index contributed by atoms with van der Waals surface area (Å²) in [6.07, 6.45) is 3.02. The molecule has 0 radical (unpaired) electrons. The summed E-state index contributed by atoms with van der Waals surface area (Å²) in [6.45, 7) is 0.337. The third-order valence-electron chi connectivity index (χ3n) is 1.93. The van der Waals surface area contributed by atoms with E-state index >= 15 is 0 Å². The zero-order chi connectivity index (χ0) is 11.4. The largest absolute Gasteiger partial charge is 0.438 e. The van der Waals surface area contributed by atoms with E-state index in [4.69, 9.17) is 10.5 Å². The number of hydrogen-bond donors (Lipinski definition) is 1. The van der Waals surface area contributed by atoms with Crippen LogP contribution in [0.5, 0.6) is 11.6 Å². The van der Waals surface area contributed by atoms with Gasteiger partial charge in [-0.15, -0.1) is 12.4 Å². The molecule has 0 bridgehead atoms. The lowest BCUT2D eigenvalue weighted by Crippen LogP contribution is -2.00. The molecule has 1 heterocycles. The number of rotatable bonds is 3. The number of hydrogen-bond acceptors (Lipinski definition) is 4. The molecular formula is C11H11ClFN3O. The van der Waals surface area contributed by atoms with Crippen molar-refractivity contribution in [1.29, 1.82) is 0 Å². The first-order valence-corrected chi connectivity index (χ1v) is 4.72. The molecule has 2 rings (SSSR count). The Kier molecular flexibility index (Phi) is 4.81. The highest BCUT2D eigenvalue weighted by molar-refractivity contribution is 5.85. The van der Waals surface area contributed by atoms with Crippen molar-refractivity contribution in [2.24, 2.45) is 5.73 Å². The molecule has 2 aromatic rings. The molecule has 0 amide bonds. The van der Waals surface area contributed by atoms with Crippen LogP contribution in [0.1, 0.15) is 5.69 Å². The average Bonchev–Trinajstić information content (AvgIpc) is 2.33. The van der Waals surface area contributed by atoms with E-state index in [2.05, 4.69) is 9.97 Å². The quantitative estimate of drug-likeness (QED) is 0.914. The predicted octanol–water partition coefficient (Wildman–Crippen LogP) is 2.29. The minimum absolute atomic E-state index is 0. The smallest absolute Gasteiger partial charge is 0.237 e. The Morgan fingerprint density at radius 1 is 1.12 bits per heavy atom. The minimum Gasteiger partial charge on any atom is -0.438 e. The molecule has 1 aromatic heterocycles. The predicted molar refractivity (Wildman–Crippen MR) is 63.6 cm³/mol. The molecule has 0 aliphatic carbocycles. The Morgan fingerprint density at radius 3 is 2.35 bits per heavy atom. The van der Waals surface area contributed by atoms with Gasteiger partial charge in [0.25, 0.3) is 0 Å². The molecule has 0 aliphatic rings. The summed E-state index contributed by atoms with van der Waals surface area (Å²) in [4.78, 5) is 8.03. The lowest BCUT2D eigenvalue weighted by atomic mass is 10.3. The van der Waals surface area contributed by atoms with Gasteiger partial charge in [-0.2, -0.15) is 0 Å². The highest BCUT2D eigenvalue weighted by Crippen LogP contribution is 2.18. The Morgan fingerprint density at radius 2 is 1.82 bits per heavy atom. The maximum Gasteiger partial charge on any atom is 0.237 e. The van der Waals surface area contributed by atoms with Crippen LogP contribution in [0.4, 0.5) is 4.39 Å². The third-order valence-corrected chi connectivity index (χ3v) is 1.93. The second-order valence-corrected chi connectivity index (χ2v) is 3.11. The zero-order valence-corrected chi connectivity index (χ0v) is 9.65. The van der Waals surface area contributed by atoms with Crippen molar-refractivity contribution < 1.29 is 9.13 Å². The number of ether oxygens (including phenoxy) is 1. The third kappa shape index (κ3) is 3.65. The fourth-order valence-electron chi connectivity index (χ4n) is 1.12. The zero-order valence-electron chi connectivity index (χ0n) is 8.84. The molecular weight excluding hydrogens is 245 g/mol. The molecule has 0 spiro atoms. The van der Waals surface area contributed by atoms with Crippen molar-refractivity contribution in [2.45, 2.75) is 6.54 Å². The van der Waals surface area contributed by atoms with Crippen LogP contribution in [0.25, 0.3) is 0 Å². The van der Waals surface area contributed by atoms with Crippen molar-refractivity contribution >= 4 is 12.4 Å². The summed E-state index contributed by atoms with van der Waals surface area (Å²) in [5, 5.41) is 0. The highest BCUT2D eigenvalue weighted by atomic mass is 35.5. The van der Waals surface area contributed by atoms with Gasteiger partial charge in [0, 0.05) is 6.54 Å². The first-order valence-electron chi connectivity index (χ1n) is 4.72. The maximum absolute atomic E-state index is 12.6. The fourth-order valence-corrected chi connectivity index (χ4v) is 1.12. The highest BCUT2D eigenvalue weighted by Gasteiger charge is 1.99. The van der Waals surface area contributed by atoms with E-state index in [-0.39, 0.29) is 18.2 Å². The molecule has 0 atom stereocenters. The molecule has 0 saturated heterocycles. The summed E-state index contributed by atoms with van der Waals surface area (Å²) < 4.78 is 18.0. The van der Waals surface area contributed by atoms with Crippen LogP contribution in [0.15, 0.2) is 36.7 Å². The molecule has 0 aliphatic heterocycles. The van der Waals surface area contributed by atoms with Crippen molar-refractivity contribution in [3.05, 3.63) is 48.2 Å². The second kappa shape index (κ2) is 6.12. The van der Waals surface area contributed by atoms with Gasteiger partial charge in [0.2, 0.25) is 5.88 Å². The van der Waals surface area contributed by atoms with E-state index < -0.39 is 0 Å². The summed E-state index contributed by atoms with van der Waals surface area (Å²) >= 11 is 0. The normalized spacial score (nSPS) is 9.53. The van der Waals surface area contributed by atoms with Crippen molar-refractivity contribution in [1.82, 2.24) is 9.97 Å². The van der Waals surface area contributed by atoms with Gasteiger partial charge in [0.15, 0.2) is 0 Å². The van der Waals surface area contributed by atoms with Gasteiger partial charge in [-0.05, 0) is 24.3 Å². The van der Waals surface area contributed by atoms with E-state index in [1.807, 2.05) is 0 Å². The summed E-state index contributed by atoms with van der Waals surface area (Å²) in [5.41, 5.74) is 6.07. The molecule has 4 nitrogen and oxygen atoms in total. The second-order valence-electron chi connectivity index (χ2n) is 3.11. The van der Waals surface area contributed by atoms with E-state index in [1.165, 1.54) is 30.5 Å². The van der Waals surface area contributed by atoms with Crippen molar-refractivity contribution in [3.8, 4) is 11.6 Å². The number of nitrogens with zero attached hydrogens (tertiary/aromatic N) is 2. The Labute approximate surface area is 104 Å². The standard InChI is InChI=1S/C11H10FN3O.ClH/c12-8-1-3-10(4-2-8)16-11-7-14-9(5-13)6-15-11;/h1-4,6-7H,5,13H2;1H. The SMILES string of the molecule is Cl.NCc1cnc(Oc2ccc(F)cc2)cn1. The lowest BCUT2D eigenvalue weighted by Gasteiger charge is -2.04. The van der Waals surface area contributed by atoms with Gasteiger partial charge in [-0.25, -0.2) is 9.37 Å². The van der Waals surface area contributed by atoms with E-state index in [0.717, 1.165) is 0 Å². The van der Waals surface area contributed by atoms with E-state index in [1.54, 1.807) is 6.20 Å². The van der Waals surface area contributed by atoms with Gasteiger partial charge in [-0.3, -0.25) is 4.98 Å². The van der Waals surface area contributed by atoms with Gasteiger partial charge in [-0.1, -0.05) is 0 Å². The lowest BCUT2D eigenvalue weighted by molar-refractivity contribution is 0.457. The molecule has 0 saturated carbocycles. The van der Waals surface area contributed by atoms with Gasteiger partial charge < -0.3 is 10.5 Å². The summed E-state index contributed by atoms with van der Waals surface area (Å²) in [5.74, 6) is 0.553. The van der Waals surface area contributed by atoms with Crippen LogP contribution in [-0.4, -0.2) is 9.97 Å². The molecule has 0 unspecified atom stereocenters. The maximum atomic E-state index is 12.6. The molecule has 1 aromatic carbocycles. The Bertz CT molecular complexity index is 461. The summed E-state index contributed by atoms with van der Waals surface area (Å²) in [6, 6.07) is 5.68. The Hall–Kier alpha value is -1.72. The van der Waals surface area contributed by atoms with E-state index in [0.29, 0.717) is 23.9 Å². The first-order chi connectivity index (χ1) is 7.78. The molecule has 0 fully saturated rings. The summed E-state index contributed by atoms with van der Waals surface area (Å²) in [7, 11) is 0. The Balaban J connectivity index is 0.00000144. The van der Waals surface area contributed by atoms with Crippen LogP contribution in [0, 0.1) is 5.82 Å².